The fourth-order valence-electron chi connectivity index (χ4n) is 1.95. The molecule has 1 aliphatic rings. The van der Waals surface area contributed by atoms with Gasteiger partial charge in [0.1, 0.15) is 0 Å². The second-order valence-corrected chi connectivity index (χ2v) is 4.04. The van der Waals surface area contributed by atoms with E-state index in [-0.39, 0.29) is 5.78 Å². The first kappa shape index (κ1) is 10.6. The molecule has 0 atom stereocenters. The van der Waals surface area contributed by atoms with E-state index in [4.69, 9.17) is 5.26 Å². The first-order chi connectivity index (χ1) is 7.79. The summed E-state index contributed by atoms with van der Waals surface area (Å²) in [4.78, 5) is 11.6. The average molecular weight is 211 g/mol. The fraction of sp³-hybridized carbons (Fsp3) is 0.286. The number of Topliss-reactive ketones (excluding diaryl/α,β-unsaturated/α-hetero) is 1. The highest BCUT2D eigenvalue weighted by Crippen LogP contribution is 2.22. The zero-order chi connectivity index (χ0) is 11.4. The standard InChI is InChI=1S/C14H13NO/c15-10-12-5-3-4-11(8-12)9-13-6-1-2-7-14(13)16/h3-5,8-9H,1-2,6-7H2. The molecule has 0 saturated heterocycles. The fourth-order valence-corrected chi connectivity index (χ4v) is 1.95. The molecular formula is C14H13NO. The maximum absolute atomic E-state index is 11.6. The Labute approximate surface area is 95.2 Å². The van der Waals surface area contributed by atoms with Crippen LogP contribution in [0.2, 0.25) is 0 Å². The normalized spacial score (nSPS) is 18.4. The van der Waals surface area contributed by atoms with Crippen LogP contribution < -0.4 is 0 Å². The average Bonchev–Trinajstić information content (AvgIpc) is 2.32. The minimum absolute atomic E-state index is 0.258. The van der Waals surface area contributed by atoms with Crippen molar-refractivity contribution in [2.24, 2.45) is 0 Å². The molecule has 0 heterocycles. The van der Waals surface area contributed by atoms with Gasteiger partial charge in [0.25, 0.3) is 0 Å². The minimum atomic E-state index is 0.258. The number of carbonyl (C=O) groups is 1. The number of nitriles is 1. The van der Waals surface area contributed by atoms with Crippen molar-refractivity contribution in [1.29, 1.82) is 5.26 Å². The molecule has 0 bridgehead atoms. The first-order valence-electron chi connectivity index (χ1n) is 5.53. The van der Waals surface area contributed by atoms with Crippen LogP contribution in [-0.4, -0.2) is 5.78 Å². The third-order valence-corrected chi connectivity index (χ3v) is 2.81. The minimum Gasteiger partial charge on any atom is -0.295 e. The Bertz CT molecular complexity index is 480. The summed E-state index contributed by atoms with van der Waals surface area (Å²) in [6.07, 6.45) is 5.56. The molecule has 1 aromatic carbocycles. The van der Waals surface area contributed by atoms with Crippen LogP contribution in [0.15, 0.2) is 29.8 Å². The van der Waals surface area contributed by atoms with E-state index in [0.717, 1.165) is 30.4 Å². The van der Waals surface area contributed by atoms with Crippen molar-refractivity contribution < 1.29 is 4.79 Å². The lowest BCUT2D eigenvalue weighted by Crippen LogP contribution is -2.07. The molecule has 1 aliphatic carbocycles. The second kappa shape index (κ2) is 4.76. The van der Waals surface area contributed by atoms with Crippen LogP contribution in [0.3, 0.4) is 0 Å². The van der Waals surface area contributed by atoms with Crippen LogP contribution in [0.5, 0.6) is 0 Å². The van der Waals surface area contributed by atoms with Crippen molar-refractivity contribution in [2.75, 3.05) is 0 Å². The van der Waals surface area contributed by atoms with Gasteiger partial charge in [-0.05, 0) is 48.6 Å². The van der Waals surface area contributed by atoms with E-state index in [2.05, 4.69) is 6.07 Å². The summed E-state index contributed by atoms with van der Waals surface area (Å²) in [6, 6.07) is 9.46. The van der Waals surface area contributed by atoms with Gasteiger partial charge in [0.15, 0.2) is 5.78 Å². The Balaban J connectivity index is 2.27. The zero-order valence-corrected chi connectivity index (χ0v) is 9.07. The summed E-state index contributed by atoms with van der Waals surface area (Å²) < 4.78 is 0. The number of carbonyl (C=O) groups excluding carboxylic acids is 1. The Kier molecular flexibility index (Phi) is 3.16. The van der Waals surface area contributed by atoms with Gasteiger partial charge >= 0.3 is 0 Å². The van der Waals surface area contributed by atoms with Gasteiger partial charge in [-0.25, -0.2) is 0 Å². The van der Waals surface area contributed by atoms with Gasteiger partial charge < -0.3 is 0 Å². The lowest BCUT2D eigenvalue weighted by atomic mass is 9.92. The van der Waals surface area contributed by atoms with E-state index in [1.54, 1.807) is 6.07 Å². The Morgan fingerprint density at radius 1 is 1.25 bits per heavy atom. The van der Waals surface area contributed by atoms with Gasteiger partial charge in [0, 0.05) is 6.42 Å². The molecule has 0 unspecified atom stereocenters. The Hall–Kier alpha value is -1.88. The predicted octanol–water partition coefficient (Wildman–Crippen LogP) is 3.08. The number of hydrogen-bond donors (Lipinski definition) is 0. The largest absolute Gasteiger partial charge is 0.295 e. The van der Waals surface area contributed by atoms with Crippen molar-refractivity contribution in [3.8, 4) is 6.07 Å². The molecule has 0 radical (unpaired) electrons. The summed E-state index contributed by atoms with van der Waals surface area (Å²) in [5.74, 6) is 0.258. The van der Waals surface area contributed by atoms with Crippen LogP contribution in [-0.2, 0) is 4.79 Å². The van der Waals surface area contributed by atoms with Crippen LogP contribution in [0.25, 0.3) is 6.08 Å². The smallest absolute Gasteiger partial charge is 0.158 e. The number of hydrogen-bond acceptors (Lipinski definition) is 2. The third-order valence-electron chi connectivity index (χ3n) is 2.81. The number of allylic oxidation sites excluding steroid dienone is 1. The van der Waals surface area contributed by atoms with Gasteiger partial charge in [-0.3, -0.25) is 4.79 Å². The molecule has 2 nitrogen and oxygen atoms in total. The SMILES string of the molecule is N#Cc1cccc(C=C2CCCCC2=O)c1. The monoisotopic (exact) mass is 211 g/mol. The number of ketones is 1. The third kappa shape index (κ3) is 2.38. The molecule has 2 heteroatoms. The highest BCUT2D eigenvalue weighted by atomic mass is 16.1. The summed E-state index contributed by atoms with van der Waals surface area (Å²) in [7, 11) is 0. The molecule has 1 saturated carbocycles. The number of nitrogens with zero attached hydrogens (tertiary/aromatic N) is 1. The molecule has 16 heavy (non-hydrogen) atoms. The molecule has 1 aromatic rings. The summed E-state index contributed by atoms with van der Waals surface area (Å²) in [6.45, 7) is 0. The van der Waals surface area contributed by atoms with E-state index in [9.17, 15) is 4.79 Å². The number of rotatable bonds is 1. The maximum Gasteiger partial charge on any atom is 0.158 e. The van der Waals surface area contributed by atoms with E-state index in [0.29, 0.717) is 12.0 Å². The van der Waals surface area contributed by atoms with Gasteiger partial charge in [0.2, 0.25) is 0 Å². The van der Waals surface area contributed by atoms with Crippen molar-refractivity contribution in [2.45, 2.75) is 25.7 Å². The molecule has 1 fully saturated rings. The van der Waals surface area contributed by atoms with Gasteiger partial charge in [0.05, 0.1) is 11.6 Å². The van der Waals surface area contributed by atoms with E-state index in [1.165, 1.54) is 0 Å². The molecule has 0 aromatic heterocycles. The van der Waals surface area contributed by atoms with Crippen molar-refractivity contribution in [3.63, 3.8) is 0 Å². The molecule has 2 rings (SSSR count). The molecular weight excluding hydrogens is 198 g/mol. The molecule has 80 valence electrons. The predicted molar refractivity (Wildman–Crippen MR) is 62.6 cm³/mol. The van der Waals surface area contributed by atoms with Gasteiger partial charge in [-0.15, -0.1) is 0 Å². The topological polar surface area (TPSA) is 40.9 Å². The van der Waals surface area contributed by atoms with E-state index < -0.39 is 0 Å². The lowest BCUT2D eigenvalue weighted by Gasteiger charge is -2.12. The van der Waals surface area contributed by atoms with Crippen molar-refractivity contribution in [3.05, 3.63) is 41.0 Å². The summed E-state index contributed by atoms with van der Waals surface area (Å²) in [5, 5.41) is 8.78. The van der Waals surface area contributed by atoms with Gasteiger partial charge in [-0.1, -0.05) is 12.1 Å². The zero-order valence-electron chi connectivity index (χ0n) is 9.07. The van der Waals surface area contributed by atoms with E-state index >= 15 is 0 Å². The Morgan fingerprint density at radius 2 is 2.06 bits per heavy atom. The van der Waals surface area contributed by atoms with Crippen molar-refractivity contribution in [1.82, 2.24) is 0 Å². The van der Waals surface area contributed by atoms with E-state index in [1.807, 2.05) is 24.3 Å². The van der Waals surface area contributed by atoms with Gasteiger partial charge in [-0.2, -0.15) is 5.26 Å². The molecule has 0 N–H and O–H groups in total. The molecule has 0 aliphatic heterocycles. The highest BCUT2D eigenvalue weighted by molar-refractivity contribution is 6.00. The molecule has 0 amide bonds. The quantitative estimate of drug-likeness (QED) is 0.670. The van der Waals surface area contributed by atoms with Crippen LogP contribution in [0, 0.1) is 11.3 Å². The summed E-state index contributed by atoms with van der Waals surface area (Å²) >= 11 is 0. The maximum atomic E-state index is 11.6. The summed E-state index contributed by atoms with van der Waals surface area (Å²) in [5.41, 5.74) is 2.49. The van der Waals surface area contributed by atoms with Crippen molar-refractivity contribution >= 4 is 11.9 Å². The van der Waals surface area contributed by atoms with Crippen LogP contribution in [0.1, 0.15) is 36.8 Å². The first-order valence-corrected chi connectivity index (χ1v) is 5.53. The Morgan fingerprint density at radius 3 is 2.81 bits per heavy atom. The van der Waals surface area contributed by atoms with Crippen LogP contribution >= 0.6 is 0 Å². The molecule has 0 spiro atoms. The highest BCUT2D eigenvalue weighted by Gasteiger charge is 2.14. The van der Waals surface area contributed by atoms with Crippen LogP contribution in [0.4, 0.5) is 0 Å². The number of benzene rings is 1. The second-order valence-electron chi connectivity index (χ2n) is 4.04. The lowest BCUT2D eigenvalue weighted by molar-refractivity contribution is -0.116.